The molecule has 0 unspecified atom stereocenters. The van der Waals surface area contributed by atoms with E-state index in [1.807, 2.05) is 0 Å². The molecule has 2 aliphatic rings. The van der Waals surface area contributed by atoms with Crippen LogP contribution in [0.4, 0.5) is 5.69 Å². The fraction of sp³-hybridized carbons (Fsp3) is 0.643. The molecule has 2 saturated carbocycles. The summed E-state index contributed by atoms with van der Waals surface area (Å²) < 4.78 is 1.74. The van der Waals surface area contributed by atoms with Crippen molar-refractivity contribution in [3.05, 3.63) is 28.1 Å². The topological polar surface area (TPSA) is 88.6 Å². The lowest BCUT2D eigenvalue weighted by molar-refractivity contribution is -0.384. The molecule has 7 nitrogen and oxygen atoms in total. The average Bonchev–Trinajstić information content (AvgIpc) is 3.14. The van der Waals surface area contributed by atoms with Crippen LogP contribution in [0.25, 0.3) is 0 Å². The fourth-order valence-electron chi connectivity index (χ4n) is 2.91. The van der Waals surface area contributed by atoms with E-state index in [0.717, 1.165) is 25.7 Å². The summed E-state index contributed by atoms with van der Waals surface area (Å²) in [5.41, 5.74) is 0.365. The second-order valence-electron chi connectivity index (χ2n) is 6.16. The highest BCUT2D eigenvalue weighted by atomic mass is 16.6. The Labute approximate surface area is 122 Å². The zero-order valence-electron chi connectivity index (χ0n) is 11.9. The van der Waals surface area contributed by atoms with E-state index in [-0.39, 0.29) is 23.7 Å². The van der Waals surface area contributed by atoms with Crippen LogP contribution in [0.5, 0.6) is 0 Å². The van der Waals surface area contributed by atoms with E-state index >= 15 is 0 Å². The lowest BCUT2D eigenvalue weighted by Crippen LogP contribution is -2.40. The van der Waals surface area contributed by atoms with E-state index in [0.29, 0.717) is 18.2 Å². The largest absolute Gasteiger partial charge is 0.393 e. The van der Waals surface area contributed by atoms with Crippen LogP contribution in [0.15, 0.2) is 12.3 Å². The summed E-state index contributed by atoms with van der Waals surface area (Å²) >= 11 is 0. The predicted octanol–water partition coefficient (Wildman–Crippen LogP) is 1.57. The third-order valence-corrected chi connectivity index (χ3v) is 4.29. The van der Waals surface area contributed by atoms with Crippen LogP contribution in [-0.2, 0) is 0 Å². The van der Waals surface area contributed by atoms with Crippen molar-refractivity contribution in [3.63, 3.8) is 0 Å². The number of nitrogens with zero attached hydrogens (tertiary/aromatic N) is 3. The maximum atomic E-state index is 12.5. The van der Waals surface area contributed by atoms with Crippen molar-refractivity contribution in [2.45, 2.75) is 37.8 Å². The number of hydrogen-bond donors (Lipinski definition) is 1. The molecule has 1 heterocycles. The van der Waals surface area contributed by atoms with Crippen molar-refractivity contribution < 1.29 is 14.8 Å². The van der Waals surface area contributed by atoms with Crippen LogP contribution in [0, 0.1) is 16.0 Å². The smallest absolute Gasteiger partial charge is 0.287 e. The lowest BCUT2D eigenvalue weighted by Gasteiger charge is -2.34. The zero-order valence-corrected chi connectivity index (χ0v) is 11.9. The number of rotatable bonds is 5. The first-order valence-electron chi connectivity index (χ1n) is 7.25. The minimum atomic E-state index is -0.460. The van der Waals surface area contributed by atoms with Gasteiger partial charge in [0.05, 0.1) is 17.2 Å². The Morgan fingerprint density at radius 3 is 2.71 bits per heavy atom. The number of aromatic nitrogens is 1. The van der Waals surface area contributed by atoms with Crippen molar-refractivity contribution in [2.75, 3.05) is 13.6 Å². The van der Waals surface area contributed by atoms with Crippen LogP contribution < -0.4 is 0 Å². The first-order valence-corrected chi connectivity index (χ1v) is 7.25. The first-order chi connectivity index (χ1) is 9.95. The Bertz CT molecular complexity index is 573. The molecule has 114 valence electrons. The molecule has 1 amide bonds. The van der Waals surface area contributed by atoms with Gasteiger partial charge in [-0.1, -0.05) is 0 Å². The maximum absolute atomic E-state index is 12.5. The third-order valence-electron chi connectivity index (χ3n) is 4.29. The van der Waals surface area contributed by atoms with Crippen LogP contribution >= 0.6 is 0 Å². The second-order valence-corrected chi connectivity index (χ2v) is 6.16. The number of aliphatic hydroxyl groups is 1. The molecule has 0 aliphatic heterocycles. The number of hydrogen-bond acceptors (Lipinski definition) is 4. The summed E-state index contributed by atoms with van der Waals surface area (Å²) in [7, 11) is 1.71. The fourth-order valence-corrected chi connectivity index (χ4v) is 2.91. The van der Waals surface area contributed by atoms with Gasteiger partial charge in [0.1, 0.15) is 5.69 Å². The molecule has 21 heavy (non-hydrogen) atoms. The molecule has 0 atom stereocenters. The summed E-state index contributed by atoms with van der Waals surface area (Å²) in [4.78, 5) is 24.6. The van der Waals surface area contributed by atoms with Crippen molar-refractivity contribution in [1.29, 1.82) is 0 Å². The molecule has 0 spiro atoms. The number of nitro groups is 1. The Kier molecular flexibility index (Phi) is 3.44. The Morgan fingerprint density at radius 1 is 1.52 bits per heavy atom. The predicted molar refractivity (Wildman–Crippen MR) is 75.0 cm³/mol. The van der Waals surface area contributed by atoms with E-state index in [4.69, 9.17) is 0 Å². The third kappa shape index (κ3) is 2.78. The molecule has 0 saturated heterocycles. The van der Waals surface area contributed by atoms with Crippen LogP contribution in [-0.4, -0.2) is 45.1 Å². The van der Waals surface area contributed by atoms with Gasteiger partial charge in [-0.25, -0.2) is 0 Å². The van der Waals surface area contributed by atoms with Gasteiger partial charge in [-0.2, -0.15) is 0 Å². The van der Waals surface area contributed by atoms with Gasteiger partial charge in [0.15, 0.2) is 0 Å². The normalized spacial score (nSPS) is 24.5. The molecule has 1 aromatic rings. The molecule has 0 radical (unpaired) electrons. The van der Waals surface area contributed by atoms with Crippen molar-refractivity contribution in [2.24, 2.45) is 5.92 Å². The number of aliphatic hydroxyl groups excluding tert-OH is 1. The molecule has 0 bridgehead atoms. The highest BCUT2D eigenvalue weighted by Crippen LogP contribution is 2.38. The number of carbonyl (C=O) groups excluding carboxylic acids is 1. The number of carbonyl (C=O) groups is 1. The highest BCUT2D eigenvalue weighted by molar-refractivity contribution is 5.93. The quantitative estimate of drug-likeness (QED) is 0.659. The van der Waals surface area contributed by atoms with Crippen LogP contribution in [0.1, 0.15) is 42.2 Å². The second kappa shape index (κ2) is 5.14. The van der Waals surface area contributed by atoms with Gasteiger partial charge in [-0.05, 0) is 31.6 Å². The summed E-state index contributed by atoms with van der Waals surface area (Å²) in [6.45, 7) is 0.583. The molecule has 1 N–H and O–H groups in total. The van der Waals surface area contributed by atoms with E-state index in [9.17, 15) is 20.0 Å². The van der Waals surface area contributed by atoms with Gasteiger partial charge in [-0.3, -0.25) is 14.9 Å². The summed E-state index contributed by atoms with van der Waals surface area (Å²) in [5, 5.41) is 20.2. The first kappa shape index (κ1) is 14.1. The summed E-state index contributed by atoms with van der Waals surface area (Å²) in [6, 6.07) is 1.59. The Balaban J connectivity index is 1.75. The van der Waals surface area contributed by atoms with Gasteiger partial charge < -0.3 is 14.6 Å². The van der Waals surface area contributed by atoms with Gasteiger partial charge in [0, 0.05) is 25.7 Å². The molecular weight excluding hydrogens is 274 g/mol. The van der Waals surface area contributed by atoms with Gasteiger partial charge in [0.25, 0.3) is 11.6 Å². The van der Waals surface area contributed by atoms with Crippen molar-refractivity contribution >= 4 is 11.6 Å². The molecular formula is C14H19N3O4. The summed E-state index contributed by atoms with van der Waals surface area (Å²) in [6.07, 6.45) is 4.60. The van der Waals surface area contributed by atoms with Crippen LogP contribution in [0.3, 0.4) is 0 Å². The zero-order chi connectivity index (χ0) is 15.1. The van der Waals surface area contributed by atoms with E-state index in [1.54, 1.807) is 16.5 Å². The minimum absolute atomic E-state index is 0.0299. The van der Waals surface area contributed by atoms with E-state index < -0.39 is 4.92 Å². The van der Waals surface area contributed by atoms with E-state index in [2.05, 4.69) is 0 Å². The highest BCUT2D eigenvalue weighted by Gasteiger charge is 2.33. The SMILES string of the molecule is CN(CC1CC(O)C1)C(=O)c1cc([N+](=O)[O-])cn1C1CC1. The Hall–Kier alpha value is -1.89. The Morgan fingerprint density at radius 2 is 2.19 bits per heavy atom. The standard InChI is InChI=1S/C14H19N3O4/c1-15(7-9-4-12(18)5-9)14(19)13-6-11(17(20)21)8-16(13)10-2-3-10/h6,8-10,12,18H,2-5,7H2,1H3. The average molecular weight is 293 g/mol. The molecule has 2 fully saturated rings. The molecule has 0 aromatic carbocycles. The summed E-state index contributed by atoms with van der Waals surface area (Å²) in [5.74, 6) is 0.143. The van der Waals surface area contributed by atoms with Crippen molar-refractivity contribution in [3.8, 4) is 0 Å². The molecule has 2 aliphatic carbocycles. The number of amides is 1. The molecule has 7 heteroatoms. The lowest BCUT2D eigenvalue weighted by atomic mass is 9.82. The van der Waals surface area contributed by atoms with E-state index in [1.165, 1.54) is 12.3 Å². The maximum Gasteiger partial charge on any atom is 0.287 e. The minimum Gasteiger partial charge on any atom is -0.393 e. The van der Waals surface area contributed by atoms with Crippen molar-refractivity contribution in [1.82, 2.24) is 9.47 Å². The van der Waals surface area contributed by atoms with Crippen LogP contribution in [0.2, 0.25) is 0 Å². The van der Waals surface area contributed by atoms with Gasteiger partial charge >= 0.3 is 0 Å². The molecule has 3 rings (SSSR count). The monoisotopic (exact) mass is 293 g/mol. The van der Waals surface area contributed by atoms with Gasteiger partial charge in [-0.15, -0.1) is 0 Å². The van der Waals surface area contributed by atoms with Gasteiger partial charge in [0.2, 0.25) is 0 Å². The molecule has 1 aromatic heterocycles.